The largest absolute Gasteiger partial charge is 0.456 e. The van der Waals surface area contributed by atoms with Crippen molar-refractivity contribution in [3.63, 3.8) is 0 Å². The van der Waals surface area contributed by atoms with Gasteiger partial charge in [-0.1, -0.05) is 182 Å². The van der Waals surface area contributed by atoms with E-state index in [1.54, 1.807) is 18.2 Å². The second kappa shape index (κ2) is 13.6. The van der Waals surface area contributed by atoms with E-state index in [9.17, 15) is 13.7 Å². The molecule has 0 aliphatic rings. The standard InChI is InChI=1S/C58H38O/c1-3-19-43-37(13-1)15-9-16-39(43)29-33-49-47-21-5-7-23-51(47)57(52-24-8-6-22-48(49)52)50-26-11-18-42-35-40(30-32-45(42)50)41-31-34-55-54(36-41)58-53(27-12-28-56(58)59-55)46-25-10-17-38-14-2-4-20-44(38)46/h1-28,30-32,34-36H,29,33H2/i1D,3D,5D,6D,7D,8D,9D,11D,13D,15D,16D,18D,19D,21D,22D,23D,24D,26D,30D,32D,35D. The van der Waals surface area contributed by atoms with Crippen LogP contribution >= 0.6 is 0 Å². The zero-order chi connectivity index (χ0) is 57.1. The first-order valence-corrected chi connectivity index (χ1v) is 18.9. The Labute approximate surface area is 371 Å². The van der Waals surface area contributed by atoms with Gasteiger partial charge < -0.3 is 4.42 Å². The molecule has 0 spiro atoms. The number of aryl methyl sites for hydroxylation is 2. The van der Waals surface area contributed by atoms with Gasteiger partial charge >= 0.3 is 0 Å². The van der Waals surface area contributed by atoms with Crippen LogP contribution < -0.4 is 0 Å². The second-order valence-corrected chi connectivity index (χ2v) is 14.2. The molecule has 59 heavy (non-hydrogen) atoms. The van der Waals surface area contributed by atoms with E-state index in [0.29, 0.717) is 16.6 Å². The van der Waals surface area contributed by atoms with E-state index in [1.165, 1.54) is 0 Å². The first kappa shape index (κ1) is 18.9. The van der Waals surface area contributed by atoms with Gasteiger partial charge in [0.2, 0.25) is 0 Å². The fourth-order valence-electron chi connectivity index (χ4n) is 8.41. The van der Waals surface area contributed by atoms with Gasteiger partial charge in [0.1, 0.15) is 11.2 Å². The number of hydrogen-bond donors (Lipinski definition) is 0. The highest BCUT2D eigenvalue weighted by atomic mass is 16.3. The number of furan rings is 1. The maximum absolute atomic E-state index is 9.89. The minimum absolute atomic E-state index is 0.132. The van der Waals surface area contributed by atoms with Crippen LogP contribution in [0.25, 0.3) is 109 Å². The molecule has 0 saturated heterocycles. The SMILES string of the molecule is [2H]c1c([2H])c([2H])c2c(CCc3c4c([2H])c([2H])c([2H])c([2H])c4c(-c4c([2H])c([2H])c([2H])c5c([2H])c(-c6ccc7oc8cccc(-c9cccc%10ccccc9%10)c8c7c6)c([2H])c([2H])c45)c4c([2H])c([2H])c([2H])c([2H])c34)c([2H])c([2H])c([2H])c2c1[2H]. The molecular formula is C58H38O. The van der Waals surface area contributed by atoms with Crippen molar-refractivity contribution in [2.45, 2.75) is 12.8 Å². The van der Waals surface area contributed by atoms with Crippen molar-refractivity contribution >= 4 is 75.8 Å². The molecule has 0 atom stereocenters. The molecule has 0 aliphatic heterocycles. The van der Waals surface area contributed by atoms with E-state index in [-0.39, 0.29) is 43.8 Å². The van der Waals surface area contributed by atoms with Crippen molar-refractivity contribution in [2.24, 2.45) is 0 Å². The lowest BCUT2D eigenvalue weighted by Gasteiger charge is -2.19. The highest BCUT2D eigenvalue weighted by Crippen LogP contribution is 2.44. The van der Waals surface area contributed by atoms with Crippen LogP contribution in [0.15, 0.2) is 210 Å². The molecule has 0 saturated carbocycles. The predicted molar refractivity (Wildman–Crippen MR) is 251 cm³/mol. The van der Waals surface area contributed by atoms with Crippen LogP contribution in [0.1, 0.15) is 39.9 Å². The highest BCUT2D eigenvalue weighted by Gasteiger charge is 2.19. The molecule has 1 aromatic heterocycles. The molecule has 12 rings (SSSR count). The van der Waals surface area contributed by atoms with Crippen LogP contribution in [0.5, 0.6) is 0 Å². The van der Waals surface area contributed by atoms with Crippen LogP contribution in [0.4, 0.5) is 0 Å². The lowest BCUT2D eigenvalue weighted by molar-refractivity contribution is 0.669. The van der Waals surface area contributed by atoms with Gasteiger partial charge in [-0.3, -0.25) is 0 Å². The van der Waals surface area contributed by atoms with Crippen molar-refractivity contribution in [2.75, 3.05) is 0 Å². The average molecular weight is 772 g/mol. The Bertz CT molecular complexity index is 4760. The summed E-state index contributed by atoms with van der Waals surface area (Å²) in [6.45, 7) is 0. The smallest absolute Gasteiger partial charge is 0.136 e. The molecule has 0 amide bonds. The van der Waals surface area contributed by atoms with Gasteiger partial charge in [0.05, 0.1) is 28.8 Å². The third-order valence-corrected chi connectivity index (χ3v) is 11.0. The Morgan fingerprint density at radius 2 is 1.08 bits per heavy atom. The molecule has 1 nitrogen and oxygen atoms in total. The third-order valence-electron chi connectivity index (χ3n) is 11.0. The van der Waals surface area contributed by atoms with E-state index in [0.717, 1.165) is 27.3 Å². The van der Waals surface area contributed by atoms with Crippen molar-refractivity contribution in [1.29, 1.82) is 0 Å². The normalized spacial score (nSPS) is 16.8. The summed E-state index contributed by atoms with van der Waals surface area (Å²) in [5.41, 5.74) is 1.60. The molecule has 0 radical (unpaired) electrons. The molecule has 1 heterocycles. The van der Waals surface area contributed by atoms with Crippen molar-refractivity contribution in [1.82, 2.24) is 0 Å². The fraction of sp³-hybridized carbons (Fsp3) is 0.0345. The molecule has 0 unspecified atom stereocenters. The zero-order valence-corrected chi connectivity index (χ0v) is 30.8. The first-order valence-electron chi connectivity index (χ1n) is 29.4. The number of benzene rings is 11. The van der Waals surface area contributed by atoms with Crippen LogP contribution in [0.3, 0.4) is 0 Å². The fourth-order valence-corrected chi connectivity index (χ4v) is 8.41. The van der Waals surface area contributed by atoms with Gasteiger partial charge in [-0.15, -0.1) is 0 Å². The Morgan fingerprint density at radius 1 is 0.390 bits per heavy atom. The monoisotopic (exact) mass is 771 g/mol. The molecule has 0 aliphatic carbocycles. The summed E-state index contributed by atoms with van der Waals surface area (Å²) in [6, 6.07) is 9.67. The van der Waals surface area contributed by atoms with E-state index in [1.807, 2.05) is 60.7 Å². The summed E-state index contributed by atoms with van der Waals surface area (Å²) in [6.07, 6.45) is -0.910. The number of hydrogen-bond acceptors (Lipinski definition) is 1. The van der Waals surface area contributed by atoms with Crippen molar-refractivity contribution < 1.29 is 33.2 Å². The van der Waals surface area contributed by atoms with Gasteiger partial charge in [0.25, 0.3) is 0 Å². The Morgan fingerprint density at radius 3 is 1.95 bits per heavy atom. The summed E-state index contributed by atoms with van der Waals surface area (Å²) < 4.78 is 199. The topological polar surface area (TPSA) is 13.1 Å². The van der Waals surface area contributed by atoms with Gasteiger partial charge in [-0.25, -0.2) is 0 Å². The van der Waals surface area contributed by atoms with Gasteiger partial charge in [0.15, 0.2) is 0 Å². The van der Waals surface area contributed by atoms with E-state index in [4.69, 9.17) is 19.5 Å². The quantitative estimate of drug-likeness (QED) is 0.153. The molecule has 12 aromatic rings. The van der Waals surface area contributed by atoms with E-state index >= 15 is 0 Å². The van der Waals surface area contributed by atoms with Crippen LogP contribution in [0.2, 0.25) is 0 Å². The molecule has 11 aromatic carbocycles. The van der Waals surface area contributed by atoms with E-state index < -0.39 is 172 Å². The van der Waals surface area contributed by atoms with E-state index in [2.05, 4.69) is 0 Å². The maximum atomic E-state index is 9.89. The van der Waals surface area contributed by atoms with Crippen molar-refractivity contribution in [3.05, 3.63) is 217 Å². The first-order chi connectivity index (χ1) is 38.0. The maximum Gasteiger partial charge on any atom is 0.136 e. The molecule has 276 valence electrons. The lowest BCUT2D eigenvalue weighted by atomic mass is 9.84. The van der Waals surface area contributed by atoms with Gasteiger partial charge in [-0.2, -0.15) is 0 Å². The molecular weight excluding hydrogens is 713 g/mol. The minimum Gasteiger partial charge on any atom is -0.456 e. The minimum atomic E-state index is -0.823. The van der Waals surface area contributed by atoms with Crippen LogP contribution in [0, 0.1) is 0 Å². The number of rotatable bonds is 6. The summed E-state index contributed by atoms with van der Waals surface area (Å²) >= 11 is 0. The summed E-state index contributed by atoms with van der Waals surface area (Å²) in [7, 11) is 0. The summed E-state index contributed by atoms with van der Waals surface area (Å²) in [4.78, 5) is 0. The average Bonchev–Trinajstić information content (AvgIpc) is 1.79. The number of fused-ring (bicyclic) bond motifs is 8. The Balaban J connectivity index is 1.17. The Kier molecular flexibility index (Phi) is 4.34. The second-order valence-electron chi connectivity index (χ2n) is 14.2. The molecule has 1 heteroatoms. The van der Waals surface area contributed by atoms with Crippen LogP contribution in [-0.4, -0.2) is 0 Å². The molecule has 0 N–H and O–H groups in total. The molecule has 0 bridgehead atoms. The van der Waals surface area contributed by atoms with Crippen LogP contribution in [-0.2, 0) is 12.8 Å². The summed E-state index contributed by atoms with van der Waals surface area (Å²) in [5, 5.41) is 0.256. The van der Waals surface area contributed by atoms with Crippen molar-refractivity contribution in [3.8, 4) is 33.4 Å². The predicted octanol–water partition coefficient (Wildman–Crippen LogP) is 16.1. The van der Waals surface area contributed by atoms with Gasteiger partial charge in [-0.05, 0) is 135 Å². The van der Waals surface area contributed by atoms with Gasteiger partial charge in [0, 0.05) is 10.8 Å². The summed E-state index contributed by atoms with van der Waals surface area (Å²) in [5.74, 6) is 0. The Hall–Kier alpha value is -7.48. The molecule has 0 fully saturated rings. The third kappa shape index (κ3) is 5.47. The zero-order valence-electron chi connectivity index (χ0n) is 51.8. The lowest BCUT2D eigenvalue weighted by Crippen LogP contribution is -1.97. The highest BCUT2D eigenvalue weighted by molar-refractivity contribution is 6.19.